The highest BCUT2D eigenvalue weighted by Gasteiger charge is 2.05. The van der Waals surface area contributed by atoms with Crippen molar-refractivity contribution in [3.8, 4) is 5.75 Å². The van der Waals surface area contributed by atoms with Gasteiger partial charge in [-0.3, -0.25) is 0 Å². The lowest BCUT2D eigenvalue weighted by atomic mass is 10.2. The van der Waals surface area contributed by atoms with Gasteiger partial charge in [0.15, 0.2) is 5.75 Å². The standard InChI is InChI=1S/C11H8N2O2/c1-7-5-6-8-3-2-4-9(10(8)13-7)15-11(12)14/h1-6H,(H2,12,14). The number of carbonyl (C=O) groups is 1. The van der Waals surface area contributed by atoms with Crippen molar-refractivity contribution in [3.63, 3.8) is 0 Å². The maximum Gasteiger partial charge on any atom is 0.410 e. The highest BCUT2D eigenvalue weighted by Crippen LogP contribution is 2.23. The monoisotopic (exact) mass is 200 g/mol. The average Bonchev–Trinajstić information content (AvgIpc) is 2.18. The molecule has 0 atom stereocenters. The van der Waals surface area contributed by atoms with Crippen LogP contribution >= 0.6 is 0 Å². The van der Waals surface area contributed by atoms with E-state index in [1.165, 1.54) is 0 Å². The van der Waals surface area contributed by atoms with Gasteiger partial charge in [-0.2, -0.15) is 0 Å². The summed E-state index contributed by atoms with van der Waals surface area (Å²) in [6.45, 7) is 5.54. The first-order valence-electron chi connectivity index (χ1n) is 4.29. The summed E-state index contributed by atoms with van der Waals surface area (Å²) < 4.78 is 4.80. The zero-order valence-electron chi connectivity index (χ0n) is 7.81. The van der Waals surface area contributed by atoms with Crippen LogP contribution < -0.4 is 10.5 Å². The smallest absolute Gasteiger partial charge is 0.408 e. The molecule has 0 aliphatic rings. The predicted molar refractivity (Wildman–Crippen MR) is 55.4 cm³/mol. The maximum absolute atomic E-state index is 10.6. The van der Waals surface area contributed by atoms with Crippen molar-refractivity contribution in [2.45, 2.75) is 0 Å². The molecule has 1 amide bonds. The quantitative estimate of drug-likeness (QED) is 0.762. The number of amides is 1. The van der Waals surface area contributed by atoms with Crippen molar-refractivity contribution in [2.24, 2.45) is 5.73 Å². The second-order valence-corrected chi connectivity index (χ2v) is 2.99. The molecular weight excluding hydrogens is 192 g/mol. The number of para-hydroxylation sites is 1. The number of primary amides is 1. The van der Waals surface area contributed by atoms with Gasteiger partial charge < -0.3 is 10.5 Å². The van der Waals surface area contributed by atoms with E-state index in [0.717, 1.165) is 5.39 Å². The third-order valence-corrected chi connectivity index (χ3v) is 1.92. The van der Waals surface area contributed by atoms with Crippen LogP contribution in [-0.2, 0) is 0 Å². The lowest BCUT2D eigenvalue weighted by molar-refractivity contribution is 0.211. The second-order valence-electron chi connectivity index (χ2n) is 2.99. The van der Waals surface area contributed by atoms with Crippen molar-refractivity contribution in [1.29, 1.82) is 0 Å². The minimum absolute atomic E-state index is 0.312. The van der Waals surface area contributed by atoms with Gasteiger partial charge in [0.25, 0.3) is 0 Å². The topological polar surface area (TPSA) is 65.2 Å². The molecule has 0 aliphatic heterocycles. The molecule has 1 heterocycles. The SMILES string of the molecule is [CH]c1ccc2cccc(OC(N)=O)c2n1. The molecule has 4 nitrogen and oxygen atoms in total. The Labute approximate surface area is 86.7 Å². The molecule has 2 aromatic rings. The fourth-order valence-electron chi connectivity index (χ4n) is 1.33. The summed E-state index contributed by atoms with van der Waals surface area (Å²) in [7, 11) is 0. The Balaban J connectivity index is 2.63. The van der Waals surface area contributed by atoms with Gasteiger partial charge in [-0.1, -0.05) is 18.2 Å². The number of hydrogen-bond acceptors (Lipinski definition) is 3. The molecule has 2 N–H and O–H groups in total. The van der Waals surface area contributed by atoms with Crippen molar-refractivity contribution >= 4 is 17.0 Å². The zero-order valence-corrected chi connectivity index (χ0v) is 7.81. The van der Waals surface area contributed by atoms with E-state index in [-0.39, 0.29) is 0 Å². The van der Waals surface area contributed by atoms with Crippen LogP contribution in [0.15, 0.2) is 30.3 Å². The van der Waals surface area contributed by atoms with Gasteiger partial charge in [0.05, 0.1) is 0 Å². The molecule has 2 radical (unpaired) electrons. The van der Waals surface area contributed by atoms with Gasteiger partial charge in [-0.15, -0.1) is 0 Å². The van der Waals surface area contributed by atoms with Gasteiger partial charge in [0.2, 0.25) is 0 Å². The number of rotatable bonds is 1. The first kappa shape index (κ1) is 9.45. The van der Waals surface area contributed by atoms with E-state index in [9.17, 15) is 4.79 Å². The maximum atomic E-state index is 10.6. The van der Waals surface area contributed by atoms with Crippen molar-refractivity contribution < 1.29 is 9.53 Å². The molecule has 0 saturated carbocycles. The molecule has 1 aromatic carbocycles. The van der Waals surface area contributed by atoms with Crippen LogP contribution in [0.3, 0.4) is 0 Å². The molecule has 4 heteroatoms. The molecule has 0 aliphatic carbocycles. The Morgan fingerprint density at radius 3 is 2.87 bits per heavy atom. The third kappa shape index (κ3) is 1.88. The Morgan fingerprint density at radius 1 is 1.33 bits per heavy atom. The Hall–Kier alpha value is -2.10. The lowest BCUT2D eigenvalue weighted by Crippen LogP contribution is -2.16. The number of fused-ring (bicyclic) bond motifs is 1. The van der Waals surface area contributed by atoms with E-state index in [0.29, 0.717) is 17.0 Å². The van der Waals surface area contributed by atoms with Gasteiger partial charge in [-0.05, 0) is 12.1 Å². The Bertz CT molecular complexity index is 523. The minimum atomic E-state index is -0.869. The van der Waals surface area contributed by atoms with Crippen LogP contribution in [0.4, 0.5) is 4.79 Å². The van der Waals surface area contributed by atoms with E-state index < -0.39 is 6.09 Å². The number of pyridine rings is 1. The van der Waals surface area contributed by atoms with Gasteiger partial charge in [0.1, 0.15) is 5.52 Å². The molecule has 0 unspecified atom stereocenters. The molecule has 0 saturated heterocycles. The zero-order chi connectivity index (χ0) is 10.8. The summed E-state index contributed by atoms with van der Waals surface area (Å²) in [5.74, 6) is 0.312. The van der Waals surface area contributed by atoms with Crippen LogP contribution in [-0.4, -0.2) is 11.1 Å². The number of hydrogen-bond donors (Lipinski definition) is 1. The van der Waals surface area contributed by atoms with Crippen molar-refractivity contribution in [2.75, 3.05) is 0 Å². The summed E-state index contributed by atoms with van der Waals surface area (Å²) in [5, 5.41) is 0.836. The third-order valence-electron chi connectivity index (χ3n) is 1.92. The van der Waals surface area contributed by atoms with Gasteiger partial charge in [-0.25, -0.2) is 9.78 Å². The van der Waals surface area contributed by atoms with Crippen LogP contribution in [0, 0.1) is 6.92 Å². The predicted octanol–water partition coefficient (Wildman–Crippen LogP) is 1.75. The molecule has 15 heavy (non-hydrogen) atoms. The minimum Gasteiger partial charge on any atom is -0.408 e. The Kier molecular flexibility index (Phi) is 2.25. The molecule has 1 aromatic heterocycles. The van der Waals surface area contributed by atoms with E-state index >= 15 is 0 Å². The Morgan fingerprint density at radius 2 is 2.13 bits per heavy atom. The highest BCUT2D eigenvalue weighted by molar-refractivity contribution is 5.86. The molecule has 0 fully saturated rings. The van der Waals surface area contributed by atoms with Crippen molar-refractivity contribution in [3.05, 3.63) is 42.9 Å². The second kappa shape index (κ2) is 3.57. The van der Waals surface area contributed by atoms with Gasteiger partial charge in [0, 0.05) is 18.0 Å². The summed E-state index contributed by atoms with van der Waals surface area (Å²) in [6, 6.07) is 8.68. The van der Waals surface area contributed by atoms with Crippen molar-refractivity contribution in [1.82, 2.24) is 4.98 Å². The fraction of sp³-hybridized carbons (Fsp3) is 0. The fourth-order valence-corrected chi connectivity index (χ4v) is 1.33. The number of nitrogens with zero attached hydrogens (tertiary/aromatic N) is 1. The summed E-state index contributed by atoms with van der Waals surface area (Å²) in [5.41, 5.74) is 5.82. The number of carbonyl (C=O) groups excluding carboxylic acids is 1. The number of ether oxygens (including phenoxy) is 1. The summed E-state index contributed by atoms with van der Waals surface area (Å²) in [6.07, 6.45) is -0.869. The molecule has 74 valence electrons. The molecular formula is C11H8N2O2. The van der Waals surface area contributed by atoms with Crippen LogP contribution in [0.2, 0.25) is 0 Å². The highest BCUT2D eigenvalue weighted by atomic mass is 16.5. The van der Waals surface area contributed by atoms with E-state index in [1.807, 2.05) is 6.07 Å². The largest absolute Gasteiger partial charge is 0.410 e. The number of benzene rings is 1. The normalized spacial score (nSPS) is 10.2. The first-order chi connectivity index (χ1) is 7.16. The summed E-state index contributed by atoms with van der Waals surface area (Å²) >= 11 is 0. The number of nitrogens with two attached hydrogens (primary N) is 1. The molecule has 0 spiro atoms. The van der Waals surface area contributed by atoms with E-state index in [2.05, 4.69) is 4.98 Å². The summed E-state index contributed by atoms with van der Waals surface area (Å²) in [4.78, 5) is 14.7. The molecule has 0 bridgehead atoms. The van der Waals surface area contributed by atoms with Crippen LogP contribution in [0.25, 0.3) is 10.9 Å². The average molecular weight is 200 g/mol. The molecule has 2 rings (SSSR count). The van der Waals surface area contributed by atoms with Crippen LogP contribution in [0.5, 0.6) is 5.75 Å². The number of aromatic nitrogens is 1. The first-order valence-corrected chi connectivity index (χ1v) is 4.29. The lowest BCUT2D eigenvalue weighted by Gasteiger charge is -2.04. The van der Waals surface area contributed by atoms with E-state index in [4.69, 9.17) is 17.4 Å². The van der Waals surface area contributed by atoms with Gasteiger partial charge >= 0.3 is 6.09 Å². The van der Waals surface area contributed by atoms with E-state index in [1.54, 1.807) is 24.3 Å². The van der Waals surface area contributed by atoms with Crippen LogP contribution in [0.1, 0.15) is 5.69 Å².